The number of aliphatic carboxylic acids is 1. The highest BCUT2D eigenvalue weighted by atomic mass is 35.5. The van der Waals surface area contributed by atoms with Gasteiger partial charge in [-0.25, -0.2) is 0 Å². The Morgan fingerprint density at radius 3 is 2.69 bits per heavy atom. The Morgan fingerprint density at radius 1 is 1.56 bits per heavy atom. The highest BCUT2D eigenvalue weighted by molar-refractivity contribution is 7.98. The maximum atomic E-state index is 10.8. The normalized spacial score (nSPS) is 17.1. The summed E-state index contributed by atoms with van der Waals surface area (Å²) in [4.78, 5) is 11.8. The molecule has 2 nitrogen and oxygen atoms in total. The maximum Gasteiger partial charge on any atom is 0.304 e. The first-order valence-electron chi connectivity index (χ1n) is 5.13. The van der Waals surface area contributed by atoms with E-state index < -0.39 is 5.97 Å². The van der Waals surface area contributed by atoms with Crippen LogP contribution in [0, 0.1) is 0 Å². The van der Waals surface area contributed by atoms with Gasteiger partial charge >= 0.3 is 5.97 Å². The average Bonchev–Trinajstić information content (AvgIpc) is 2.98. The van der Waals surface area contributed by atoms with Crippen LogP contribution in [0.4, 0.5) is 0 Å². The average molecular weight is 257 g/mol. The minimum Gasteiger partial charge on any atom is -0.481 e. The van der Waals surface area contributed by atoms with E-state index in [0.29, 0.717) is 0 Å². The van der Waals surface area contributed by atoms with Gasteiger partial charge < -0.3 is 5.11 Å². The van der Waals surface area contributed by atoms with Gasteiger partial charge in [-0.1, -0.05) is 17.7 Å². The van der Waals surface area contributed by atoms with Gasteiger partial charge in [0, 0.05) is 10.3 Å². The Labute approximate surface area is 104 Å². The van der Waals surface area contributed by atoms with E-state index in [1.54, 1.807) is 11.8 Å². The first-order chi connectivity index (χ1) is 7.57. The van der Waals surface area contributed by atoms with E-state index in [4.69, 9.17) is 16.7 Å². The minimum absolute atomic E-state index is 0.146. The van der Waals surface area contributed by atoms with E-state index >= 15 is 0 Å². The van der Waals surface area contributed by atoms with Gasteiger partial charge in [-0.3, -0.25) is 4.79 Å². The lowest BCUT2D eigenvalue weighted by Crippen LogP contribution is -2.12. The molecule has 86 valence electrons. The second kappa shape index (κ2) is 4.30. The molecule has 0 spiro atoms. The summed E-state index contributed by atoms with van der Waals surface area (Å²) in [6.45, 7) is 0. The topological polar surface area (TPSA) is 37.3 Å². The van der Waals surface area contributed by atoms with E-state index in [1.165, 1.54) is 0 Å². The number of rotatable bonds is 4. The Bertz CT molecular complexity index is 427. The van der Waals surface area contributed by atoms with Crippen LogP contribution in [-0.2, 0) is 10.2 Å². The molecule has 0 aromatic heterocycles. The molecule has 1 N–H and O–H groups in total. The summed E-state index contributed by atoms with van der Waals surface area (Å²) >= 11 is 7.73. The van der Waals surface area contributed by atoms with Crippen LogP contribution in [0.2, 0.25) is 5.02 Å². The fraction of sp³-hybridized carbons (Fsp3) is 0.417. The number of hydrogen-bond donors (Lipinski definition) is 1. The molecule has 2 rings (SSSR count). The van der Waals surface area contributed by atoms with Crippen LogP contribution < -0.4 is 0 Å². The molecule has 0 bridgehead atoms. The number of carboxylic acid groups (broad SMARTS) is 1. The zero-order valence-electron chi connectivity index (χ0n) is 9.00. The standard InChI is InChI=1S/C12H13ClO2S/c1-16-10-3-2-8(6-9(10)13)12(4-5-12)7-11(14)15/h2-3,6H,4-5,7H2,1H3,(H,14,15). The van der Waals surface area contributed by atoms with E-state index in [9.17, 15) is 4.79 Å². The van der Waals surface area contributed by atoms with E-state index in [0.717, 1.165) is 28.3 Å². The van der Waals surface area contributed by atoms with Gasteiger partial charge in [-0.15, -0.1) is 11.8 Å². The molecule has 4 heteroatoms. The summed E-state index contributed by atoms with van der Waals surface area (Å²) < 4.78 is 0. The molecule has 0 radical (unpaired) electrons. The molecule has 0 unspecified atom stereocenters. The van der Waals surface area contributed by atoms with Gasteiger partial charge in [-0.05, 0) is 36.8 Å². The first kappa shape index (κ1) is 11.8. The SMILES string of the molecule is CSc1ccc(C2(CC(=O)O)CC2)cc1Cl. The molecule has 0 saturated heterocycles. The first-order valence-corrected chi connectivity index (χ1v) is 6.73. The fourth-order valence-corrected chi connectivity index (χ4v) is 2.87. The van der Waals surface area contributed by atoms with Crippen molar-refractivity contribution < 1.29 is 9.90 Å². The molecule has 0 aliphatic heterocycles. The van der Waals surface area contributed by atoms with Crippen LogP contribution in [-0.4, -0.2) is 17.3 Å². The predicted octanol–water partition coefficient (Wildman–Crippen LogP) is 3.57. The van der Waals surface area contributed by atoms with Crippen molar-refractivity contribution >= 4 is 29.3 Å². The van der Waals surface area contributed by atoms with Crippen molar-refractivity contribution in [2.24, 2.45) is 0 Å². The molecular formula is C12H13ClO2S. The van der Waals surface area contributed by atoms with Crippen molar-refractivity contribution in [1.82, 2.24) is 0 Å². The van der Waals surface area contributed by atoms with Crippen LogP contribution in [0.5, 0.6) is 0 Å². The molecule has 1 aliphatic carbocycles. The van der Waals surface area contributed by atoms with E-state index in [1.807, 2.05) is 24.5 Å². The minimum atomic E-state index is -0.734. The zero-order chi connectivity index (χ0) is 11.8. The molecule has 16 heavy (non-hydrogen) atoms. The second-order valence-electron chi connectivity index (χ2n) is 4.20. The summed E-state index contributed by atoms with van der Waals surface area (Å²) in [7, 11) is 0. The highest BCUT2D eigenvalue weighted by Crippen LogP contribution is 2.51. The van der Waals surface area contributed by atoms with Gasteiger partial charge in [0.15, 0.2) is 0 Å². The Kier molecular flexibility index (Phi) is 3.17. The largest absolute Gasteiger partial charge is 0.481 e. The third-order valence-corrected chi connectivity index (χ3v) is 4.33. The maximum absolute atomic E-state index is 10.8. The molecule has 0 atom stereocenters. The molecule has 0 heterocycles. The van der Waals surface area contributed by atoms with Crippen molar-refractivity contribution in [3.8, 4) is 0 Å². The summed E-state index contributed by atoms with van der Waals surface area (Å²) in [6, 6.07) is 5.90. The van der Waals surface area contributed by atoms with Crippen LogP contribution in [0.25, 0.3) is 0 Å². The molecule has 0 amide bonds. The molecule has 1 saturated carbocycles. The molecule has 1 aliphatic rings. The lowest BCUT2D eigenvalue weighted by molar-refractivity contribution is -0.137. The predicted molar refractivity (Wildman–Crippen MR) is 66.4 cm³/mol. The lowest BCUT2D eigenvalue weighted by atomic mass is 9.92. The summed E-state index contributed by atoms with van der Waals surface area (Å²) in [5.74, 6) is -0.734. The number of halogens is 1. The fourth-order valence-electron chi connectivity index (χ4n) is 2.00. The smallest absolute Gasteiger partial charge is 0.304 e. The second-order valence-corrected chi connectivity index (χ2v) is 5.46. The van der Waals surface area contributed by atoms with Gasteiger partial charge in [-0.2, -0.15) is 0 Å². The van der Waals surface area contributed by atoms with E-state index in [-0.39, 0.29) is 11.8 Å². The van der Waals surface area contributed by atoms with Crippen LogP contribution in [0.15, 0.2) is 23.1 Å². The van der Waals surface area contributed by atoms with Gasteiger partial charge in [0.05, 0.1) is 11.4 Å². The van der Waals surface area contributed by atoms with Crippen LogP contribution in [0.1, 0.15) is 24.8 Å². The lowest BCUT2D eigenvalue weighted by Gasteiger charge is -2.14. The highest BCUT2D eigenvalue weighted by Gasteiger charge is 2.46. The molecule has 1 aromatic carbocycles. The Morgan fingerprint density at radius 2 is 2.25 bits per heavy atom. The van der Waals surface area contributed by atoms with Crippen molar-refractivity contribution in [1.29, 1.82) is 0 Å². The number of thioether (sulfide) groups is 1. The van der Waals surface area contributed by atoms with Crippen molar-refractivity contribution in [2.75, 3.05) is 6.26 Å². The van der Waals surface area contributed by atoms with Crippen molar-refractivity contribution in [3.63, 3.8) is 0 Å². The number of hydrogen-bond acceptors (Lipinski definition) is 2. The van der Waals surface area contributed by atoms with Crippen LogP contribution in [0.3, 0.4) is 0 Å². The quantitative estimate of drug-likeness (QED) is 0.837. The number of carboxylic acids is 1. The number of carbonyl (C=O) groups is 1. The van der Waals surface area contributed by atoms with Crippen LogP contribution >= 0.6 is 23.4 Å². The summed E-state index contributed by atoms with van der Waals surface area (Å²) in [6.07, 6.45) is 4.09. The molecule has 1 fully saturated rings. The Balaban J connectivity index is 2.28. The summed E-state index contributed by atoms with van der Waals surface area (Å²) in [5, 5.41) is 9.61. The van der Waals surface area contributed by atoms with Crippen molar-refractivity contribution in [2.45, 2.75) is 29.6 Å². The van der Waals surface area contributed by atoms with E-state index in [2.05, 4.69) is 0 Å². The Hall–Kier alpha value is -0.670. The summed E-state index contributed by atoms with van der Waals surface area (Å²) in [5.41, 5.74) is 0.921. The third-order valence-electron chi connectivity index (χ3n) is 3.11. The van der Waals surface area contributed by atoms with Gasteiger partial charge in [0.1, 0.15) is 0 Å². The monoisotopic (exact) mass is 256 g/mol. The number of benzene rings is 1. The third kappa shape index (κ3) is 2.20. The molecular weight excluding hydrogens is 244 g/mol. The zero-order valence-corrected chi connectivity index (χ0v) is 10.6. The van der Waals surface area contributed by atoms with Gasteiger partial charge in [0.2, 0.25) is 0 Å². The van der Waals surface area contributed by atoms with Crippen molar-refractivity contribution in [3.05, 3.63) is 28.8 Å². The van der Waals surface area contributed by atoms with Gasteiger partial charge in [0.25, 0.3) is 0 Å². The molecule has 1 aromatic rings.